The molecule has 0 radical (unpaired) electrons. The zero-order valence-electron chi connectivity index (χ0n) is 14.9. The molecule has 0 aliphatic carbocycles. The van der Waals surface area contributed by atoms with Crippen molar-refractivity contribution in [2.45, 2.75) is 32.6 Å². The molecule has 0 amide bonds. The second kappa shape index (κ2) is 6.75. The van der Waals surface area contributed by atoms with Crippen LogP contribution in [0.25, 0.3) is 0 Å². The van der Waals surface area contributed by atoms with Crippen molar-refractivity contribution >= 4 is 27.3 Å². The van der Waals surface area contributed by atoms with Crippen LogP contribution in [0.2, 0.25) is 0 Å². The largest absolute Gasteiger partial charge is 0.360 e. The highest BCUT2D eigenvalue weighted by Gasteiger charge is 2.24. The highest BCUT2D eigenvalue weighted by molar-refractivity contribution is 7.92. The second-order valence-electron chi connectivity index (χ2n) is 6.06. The average Bonchev–Trinajstić information content (AvgIpc) is 2.87. The highest BCUT2D eigenvalue weighted by atomic mass is 32.2. The van der Waals surface area contributed by atoms with E-state index < -0.39 is 10.0 Å². The van der Waals surface area contributed by atoms with Gasteiger partial charge in [0.15, 0.2) is 22.3 Å². The first kappa shape index (κ1) is 17.9. The SMILES string of the molecule is Cc1cc(C)cc(Nc2ccc(NS(=O)(=O)c3c(C)noc3C)nn2)c1. The Labute approximate surface area is 151 Å². The van der Waals surface area contributed by atoms with E-state index in [2.05, 4.69) is 31.5 Å². The van der Waals surface area contributed by atoms with Crippen molar-refractivity contribution in [1.29, 1.82) is 0 Å². The van der Waals surface area contributed by atoms with E-state index in [4.69, 9.17) is 4.52 Å². The molecule has 0 aliphatic rings. The molecule has 0 spiro atoms. The van der Waals surface area contributed by atoms with Crippen molar-refractivity contribution in [3.8, 4) is 0 Å². The molecular formula is C17H19N5O3S. The smallest absolute Gasteiger partial charge is 0.268 e. The first-order valence-corrected chi connectivity index (χ1v) is 9.37. The van der Waals surface area contributed by atoms with Crippen LogP contribution in [0.1, 0.15) is 22.6 Å². The topological polar surface area (TPSA) is 110 Å². The van der Waals surface area contributed by atoms with E-state index in [-0.39, 0.29) is 22.2 Å². The van der Waals surface area contributed by atoms with Crippen molar-refractivity contribution in [2.24, 2.45) is 0 Å². The summed E-state index contributed by atoms with van der Waals surface area (Å²) in [5.41, 5.74) is 3.44. The molecule has 0 saturated carbocycles. The van der Waals surface area contributed by atoms with E-state index in [9.17, 15) is 8.42 Å². The minimum absolute atomic E-state index is 0.0109. The van der Waals surface area contributed by atoms with Gasteiger partial charge in [0.2, 0.25) is 0 Å². The number of nitrogens with one attached hydrogen (secondary N) is 2. The molecule has 9 heteroatoms. The fraction of sp³-hybridized carbons (Fsp3) is 0.235. The molecule has 0 bridgehead atoms. The number of hydrogen-bond donors (Lipinski definition) is 2. The number of aryl methyl sites for hydroxylation is 4. The van der Waals surface area contributed by atoms with Crippen molar-refractivity contribution in [2.75, 3.05) is 10.0 Å². The van der Waals surface area contributed by atoms with Crippen molar-refractivity contribution in [3.63, 3.8) is 0 Å². The van der Waals surface area contributed by atoms with E-state index in [0.29, 0.717) is 5.82 Å². The van der Waals surface area contributed by atoms with Crippen LogP contribution in [0.5, 0.6) is 0 Å². The van der Waals surface area contributed by atoms with E-state index >= 15 is 0 Å². The van der Waals surface area contributed by atoms with Gasteiger partial charge in [-0.1, -0.05) is 11.2 Å². The van der Waals surface area contributed by atoms with Gasteiger partial charge in [-0.15, -0.1) is 10.2 Å². The number of sulfonamides is 1. The molecule has 26 heavy (non-hydrogen) atoms. The molecule has 0 aliphatic heterocycles. The normalized spacial score (nSPS) is 11.4. The number of rotatable bonds is 5. The molecule has 3 rings (SSSR count). The molecule has 1 aromatic carbocycles. The standard InChI is InChI=1S/C17H19N5O3S/c1-10-7-11(2)9-14(8-10)18-15-5-6-16(20-19-15)22-26(23,24)17-12(3)21-25-13(17)4/h5-9H,1-4H3,(H,18,19)(H,20,22). The Morgan fingerprint density at radius 1 is 0.923 bits per heavy atom. The summed E-state index contributed by atoms with van der Waals surface area (Å²) in [5.74, 6) is 0.835. The Morgan fingerprint density at radius 3 is 2.08 bits per heavy atom. The van der Waals surface area contributed by atoms with Crippen LogP contribution in [0.15, 0.2) is 39.8 Å². The summed E-state index contributed by atoms with van der Waals surface area (Å²) in [7, 11) is -3.84. The summed E-state index contributed by atoms with van der Waals surface area (Å²) in [6.07, 6.45) is 0. The predicted octanol–water partition coefficient (Wildman–Crippen LogP) is 3.24. The molecular weight excluding hydrogens is 354 g/mol. The molecule has 0 saturated heterocycles. The average molecular weight is 373 g/mol. The van der Waals surface area contributed by atoms with Crippen LogP contribution in [0.4, 0.5) is 17.3 Å². The lowest BCUT2D eigenvalue weighted by Crippen LogP contribution is -2.15. The van der Waals surface area contributed by atoms with E-state index in [1.807, 2.05) is 26.0 Å². The zero-order valence-corrected chi connectivity index (χ0v) is 15.7. The van der Waals surface area contributed by atoms with E-state index in [1.54, 1.807) is 13.0 Å². The Kier molecular flexibility index (Phi) is 4.64. The maximum absolute atomic E-state index is 12.5. The molecule has 0 unspecified atom stereocenters. The molecule has 0 fully saturated rings. The molecule has 0 atom stereocenters. The van der Waals surface area contributed by atoms with Crippen LogP contribution >= 0.6 is 0 Å². The third kappa shape index (κ3) is 3.83. The van der Waals surface area contributed by atoms with Crippen LogP contribution in [-0.4, -0.2) is 23.8 Å². The lowest BCUT2D eigenvalue weighted by atomic mass is 10.1. The van der Waals surface area contributed by atoms with Gasteiger partial charge in [-0.05, 0) is 63.1 Å². The number of anilines is 3. The number of nitrogens with zero attached hydrogens (tertiary/aromatic N) is 3. The van der Waals surface area contributed by atoms with Crippen molar-refractivity contribution in [1.82, 2.24) is 15.4 Å². The van der Waals surface area contributed by atoms with Gasteiger partial charge in [0, 0.05) is 5.69 Å². The summed E-state index contributed by atoms with van der Waals surface area (Å²) in [5, 5.41) is 14.7. The first-order valence-electron chi connectivity index (χ1n) is 7.89. The van der Waals surface area contributed by atoms with Gasteiger partial charge < -0.3 is 9.84 Å². The fourth-order valence-corrected chi connectivity index (χ4v) is 4.02. The Balaban J connectivity index is 1.77. The first-order chi connectivity index (χ1) is 12.2. The predicted molar refractivity (Wildman–Crippen MR) is 98.0 cm³/mol. The summed E-state index contributed by atoms with van der Waals surface area (Å²) in [4.78, 5) is 0.0109. The van der Waals surface area contributed by atoms with Crippen LogP contribution < -0.4 is 10.0 Å². The van der Waals surface area contributed by atoms with Gasteiger partial charge in [0.05, 0.1) is 0 Å². The quantitative estimate of drug-likeness (QED) is 0.706. The lowest BCUT2D eigenvalue weighted by molar-refractivity contribution is 0.390. The minimum atomic E-state index is -3.84. The fourth-order valence-electron chi connectivity index (χ4n) is 2.70. The van der Waals surface area contributed by atoms with Gasteiger partial charge in [-0.3, -0.25) is 4.72 Å². The summed E-state index contributed by atoms with van der Waals surface area (Å²) < 4.78 is 32.2. The number of aromatic nitrogens is 3. The second-order valence-corrected chi connectivity index (χ2v) is 7.68. The molecule has 8 nitrogen and oxygen atoms in total. The molecule has 2 heterocycles. The zero-order chi connectivity index (χ0) is 18.9. The molecule has 2 aromatic heterocycles. The van der Waals surface area contributed by atoms with Crippen LogP contribution in [-0.2, 0) is 10.0 Å². The van der Waals surface area contributed by atoms with Gasteiger partial charge >= 0.3 is 0 Å². The van der Waals surface area contributed by atoms with Crippen molar-refractivity contribution < 1.29 is 12.9 Å². The minimum Gasteiger partial charge on any atom is -0.360 e. The summed E-state index contributed by atoms with van der Waals surface area (Å²) >= 11 is 0. The number of hydrogen-bond acceptors (Lipinski definition) is 7. The monoisotopic (exact) mass is 373 g/mol. The summed E-state index contributed by atoms with van der Waals surface area (Å²) in [6.45, 7) is 7.12. The van der Waals surface area contributed by atoms with Gasteiger partial charge in [0.25, 0.3) is 10.0 Å². The van der Waals surface area contributed by atoms with Crippen LogP contribution in [0.3, 0.4) is 0 Å². The van der Waals surface area contributed by atoms with Gasteiger partial charge in [-0.2, -0.15) is 0 Å². The Hall–Kier alpha value is -2.94. The third-order valence-corrected chi connectivity index (χ3v) is 5.23. The molecule has 136 valence electrons. The third-order valence-electron chi connectivity index (χ3n) is 3.63. The maximum Gasteiger partial charge on any atom is 0.268 e. The summed E-state index contributed by atoms with van der Waals surface area (Å²) in [6, 6.07) is 9.23. The van der Waals surface area contributed by atoms with Gasteiger partial charge in [0.1, 0.15) is 5.69 Å². The number of benzene rings is 1. The lowest BCUT2D eigenvalue weighted by Gasteiger charge is -2.09. The molecule has 3 aromatic rings. The molecule has 2 N–H and O–H groups in total. The van der Waals surface area contributed by atoms with E-state index in [0.717, 1.165) is 16.8 Å². The van der Waals surface area contributed by atoms with Gasteiger partial charge in [-0.25, -0.2) is 8.42 Å². The van der Waals surface area contributed by atoms with Crippen LogP contribution in [0, 0.1) is 27.7 Å². The Bertz CT molecular complexity index is 1000. The highest BCUT2D eigenvalue weighted by Crippen LogP contribution is 2.22. The maximum atomic E-state index is 12.5. The van der Waals surface area contributed by atoms with Crippen molar-refractivity contribution in [3.05, 3.63) is 52.9 Å². The Morgan fingerprint density at radius 2 is 1.54 bits per heavy atom. The van der Waals surface area contributed by atoms with E-state index in [1.165, 1.54) is 13.0 Å².